The van der Waals surface area contributed by atoms with E-state index in [4.69, 9.17) is 17.3 Å². The molecule has 13 heteroatoms. The van der Waals surface area contributed by atoms with Crippen molar-refractivity contribution in [1.29, 1.82) is 0 Å². The van der Waals surface area contributed by atoms with Gasteiger partial charge in [0.25, 0.3) is 11.8 Å². The van der Waals surface area contributed by atoms with E-state index in [1.54, 1.807) is 0 Å². The maximum absolute atomic E-state index is 14.0. The molecular weight excluding hydrogens is 484 g/mol. The van der Waals surface area contributed by atoms with Crippen molar-refractivity contribution in [3.8, 4) is 0 Å². The van der Waals surface area contributed by atoms with Crippen molar-refractivity contribution in [2.24, 2.45) is 5.73 Å². The van der Waals surface area contributed by atoms with Crippen molar-refractivity contribution in [2.75, 3.05) is 5.32 Å². The van der Waals surface area contributed by atoms with Crippen LogP contribution in [-0.4, -0.2) is 29.8 Å². The molecule has 5 nitrogen and oxygen atoms in total. The molecule has 0 aliphatic heterocycles. The van der Waals surface area contributed by atoms with E-state index >= 15 is 0 Å². The zero-order valence-corrected chi connectivity index (χ0v) is 17.7. The standard InChI is InChI=1S/C19H16ClF6N3O2S/c20-10-7-5-9(6-8-10)15(31)28-17(18(21,22)23,19(24,25)26)29-16-13(14(27)30)11-3-1-2-4-12(11)32-16/h5-8,29H,1-4H2,(H2,27,30)(H,28,31). The molecule has 1 aliphatic rings. The Kier molecular flexibility index (Phi) is 6.40. The van der Waals surface area contributed by atoms with E-state index in [9.17, 15) is 35.9 Å². The number of fused-ring (bicyclic) bond motifs is 1. The number of halogens is 7. The Morgan fingerprint density at radius 1 is 0.969 bits per heavy atom. The third kappa shape index (κ3) is 4.38. The Labute approximate surface area is 186 Å². The number of nitrogens with one attached hydrogen (secondary N) is 2. The molecule has 0 atom stereocenters. The largest absolute Gasteiger partial charge is 0.439 e. The van der Waals surface area contributed by atoms with Gasteiger partial charge >= 0.3 is 18.0 Å². The first-order chi connectivity index (χ1) is 14.8. The van der Waals surface area contributed by atoms with Crippen molar-refractivity contribution in [2.45, 2.75) is 43.7 Å². The van der Waals surface area contributed by atoms with Gasteiger partial charge in [0, 0.05) is 15.5 Å². The van der Waals surface area contributed by atoms with E-state index < -0.39 is 46.0 Å². The summed E-state index contributed by atoms with van der Waals surface area (Å²) in [7, 11) is 0. The van der Waals surface area contributed by atoms with Crippen LogP contribution in [0.4, 0.5) is 31.3 Å². The Bertz CT molecular complexity index is 1020. The molecule has 2 aromatic rings. The molecule has 1 aliphatic carbocycles. The molecule has 0 unspecified atom stereocenters. The molecule has 1 aromatic heterocycles. The Hall–Kier alpha value is -2.47. The van der Waals surface area contributed by atoms with E-state index in [0.29, 0.717) is 47.5 Å². The second-order valence-corrected chi connectivity index (χ2v) is 8.65. The van der Waals surface area contributed by atoms with E-state index in [2.05, 4.69) is 0 Å². The number of rotatable bonds is 5. The molecule has 4 N–H and O–H groups in total. The summed E-state index contributed by atoms with van der Waals surface area (Å²) in [5.74, 6) is -2.81. The predicted molar refractivity (Wildman–Crippen MR) is 107 cm³/mol. The van der Waals surface area contributed by atoms with Gasteiger partial charge in [-0.15, -0.1) is 11.3 Å². The zero-order valence-electron chi connectivity index (χ0n) is 16.1. The highest BCUT2D eigenvalue weighted by Crippen LogP contribution is 2.47. The predicted octanol–water partition coefficient (Wildman–Crippen LogP) is 5.04. The summed E-state index contributed by atoms with van der Waals surface area (Å²) in [6.45, 7) is 0. The molecule has 0 saturated heterocycles. The van der Waals surface area contributed by atoms with E-state index in [-0.39, 0.29) is 5.02 Å². The van der Waals surface area contributed by atoms with Crippen molar-refractivity contribution in [3.63, 3.8) is 0 Å². The second kappa shape index (κ2) is 8.47. The first-order valence-electron chi connectivity index (χ1n) is 9.21. The molecule has 3 rings (SSSR count). The average Bonchev–Trinajstić information content (AvgIpc) is 3.04. The topological polar surface area (TPSA) is 84.2 Å². The van der Waals surface area contributed by atoms with Gasteiger partial charge in [-0.25, -0.2) is 0 Å². The number of benzene rings is 1. The third-order valence-electron chi connectivity index (χ3n) is 4.98. The fourth-order valence-corrected chi connectivity index (χ4v) is 4.88. The van der Waals surface area contributed by atoms with Crippen LogP contribution in [0.25, 0.3) is 0 Å². The molecule has 1 aromatic carbocycles. The van der Waals surface area contributed by atoms with E-state index in [1.165, 1.54) is 5.32 Å². The minimum absolute atomic E-state index is 0.132. The van der Waals surface area contributed by atoms with Crippen LogP contribution >= 0.6 is 22.9 Å². The van der Waals surface area contributed by atoms with Gasteiger partial charge in [-0.2, -0.15) is 26.3 Å². The number of carbonyl (C=O) groups excluding carboxylic acids is 2. The molecule has 0 fully saturated rings. The molecule has 0 spiro atoms. The van der Waals surface area contributed by atoms with Crippen LogP contribution in [0.5, 0.6) is 0 Å². The van der Waals surface area contributed by atoms with Gasteiger partial charge < -0.3 is 16.4 Å². The highest BCUT2D eigenvalue weighted by molar-refractivity contribution is 7.16. The van der Waals surface area contributed by atoms with E-state index in [0.717, 1.165) is 29.6 Å². The fourth-order valence-electron chi connectivity index (χ4n) is 3.40. The van der Waals surface area contributed by atoms with Crippen LogP contribution in [0, 0.1) is 0 Å². The SMILES string of the molecule is NC(=O)c1c(NC(NC(=O)c2ccc(Cl)cc2)(C(F)(F)F)C(F)(F)F)sc2c1CCCC2. The van der Waals surface area contributed by atoms with Gasteiger partial charge in [0.1, 0.15) is 5.00 Å². The summed E-state index contributed by atoms with van der Waals surface area (Å²) in [5, 5.41) is 1.89. The summed E-state index contributed by atoms with van der Waals surface area (Å²) in [5.41, 5.74) is -0.161. The van der Waals surface area contributed by atoms with Crippen molar-refractivity contribution >= 4 is 39.8 Å². The molecule has 0 saturated carbocycles. The summed E-state index contributed by atoms with van der Waals surface area (Å²) in [6.07, 6.45) is -10.1. The number of amides is 2. The van der Waals surface area contributed by atoms with Gasteiger partial charge in [0.15, 0.2) is 0 Å². The monoisotopic (exact) mass is 499 g/mol. The van der Waals surface area contributed by atoms with Crippen LogP contribution in [0.2, 0.25) is 5.02 Å². The number of anilines is 1. The number of thiophene rings is 1. The van der Waals surface area contributed by atoms with Gasteiger partial charge in [0.2, 0.25) is 0 Å². The number of carbonyl (C=O) groups is 2. The summed E-state index contributed by atoms with van der Waals surface area (Å²) in [4.78, 5) is 24.8. The summed E-state index contributed by atoms with van der Waals surface area (Å²) >= 11 is 6.25. The van der Waals surface area contributed by atoms with Gasteiger partial charge in [0.05, 0.1) is 5.56 Å². The number of hydrogen-bond acceptors (Lipinski definition) is 4. The van der Waals surface area contributed by atoms with Crippen LogP contribution in [0.3, 0.4) is 0 Å². The minimum atomic E-state index is -6.03. The number of hydrogen-bond donors (Lipinski definition) is 3. The normalized spacial score (nSPS) is 14.6. The Morgan fingerprint density at radius 2 is 1.53 bits per heavy atom. The molecular formula is C19H16ClF6N3O2S. The quantitative estimate of drug-likeness (QED) is 0.398. The average molecular weight is 500 g/mol. The summed E-state index contributed by atoms with van der Waals surface area (Å²) in [6, 6.07) is 4.25. The van der Waals surface area contributed by atoms with Gasteiger partial charge in [-0.3, -0.25) is 9.59 Å². The van der Waals surface area contributed by atoms with Gasteiger partial charge in [-0.1, -0.05) is 11.6 Å². The van der Waals surface area contributed by atoms with Crippen molar-refractivity contribution < 1.29 is 35.9 Å². The van der Waals surface area contributed by atoms with Crippen LogP contribution in [0.1, 0.15) is 44.0 Å². The second-order valence-electron chi connectivity index (χ2n) is 7.11. The van der Waals surface area contributed by atoms with Gasteiger partial charge in [-0.05, 0) is 55.5 Å². The van der Waals surface area contributed by atoms with Crippen molar-refractivity contribution in [1.82, 2.24) is 5.32 Å². The highest BCUT2D eigenvalue weighted by atomic mass is 35.5. The maximum Gasteiger partial charge on any atom is 0.439 e. The zero-order chi connectivity index (χ0) is 23.9. The van der Waals surface area contributed by atoms with Crippen LogP contribution < -0.4 is 16.4 Å². The lowest BCUT2D eigenvalue weighted by molar-refractivity contribution is -0.293. The molecule has 2 amide bonds. The molecule has 32 heavy (non-hydrogen) atoms. The van der Waals surface area contributed by atoms with Crippen molar-refractivity contribution in [3.05, 3.63) is 50.9 Å². The number of primary amides is 1. The van der Waals surface area contributed by atoms with E-state index in [1.807, 2.05) is 0 Å². The minimum Gasteiger partial charge on any atom is -0.365 e. The number of aryl methyl sites for hydroxylation is 1. The maximum atomic E-state index is 14.0. The molecule has 0 bridgehead atoms. The lowest BCUT2D eigenvalue weighted by Gasteiger charge is -2.38. The van der Waals surface area contributed by atoms with Crippen LogP contribution in [0.15, 0.2) is 24.3 Å². The number of alkyl halides is 6. The molecule has 0 radical (unpaired) electrons. The fraction of sp³-hybridized carbons (Fsp3) is 0.368. The Balaban J connectivity index is 2.12. The molecule has 1 heterocycles. The summed E-state index contributed by atoms with van der Waals surface area (Å²) < 4.78 is 83.9. The Morgan fingerprint density at radius 3 is 2.06 bits per heavy atom. The highest BCUT2D eigenvalue weighted by Gasteiger charge is 2.73. The number of nitrogens with two attached hydrogens (primary N) is 1. The lowest BCUT2D eigenvalue weighted by Crippen LogP contribution is -2.72. The first-order valence-corrected chi connectivity index (χ1v) is 10.4. The first kappa shape index (κ1) is 24.2. The lowest BCUT2D eigenvalue weighted by atomic mass is 9.95. The van der Waals surface area contributed by atoms with Crippen LogP contribution in [-0.2, 0) is 12.8 Å². The smallest absolute Gasteiger partial charge is 0.365 e. The molecule has 174 valence electrons. The third-order valence-corrected chi connectivity index (χ3v) is 6.44.